The molecule has 8 heteroatoms. The van der Waals surface area contributed by atoms with Crippen LogP contribution >= 0.6 is 45.3 Å². The van der Waals surface area contributed by atoms with Crippen LogP contribution in [0.4, 0.5) is 0 Å². The fourth-order valence-corrected chi connectivity index (χ4v) is 8.00. The number of rotatable bonds is 0. The van der Waals surface area contributed by atoms with Crippen LogP contribution in [0.15, 0.2) is 45.8 Å². The van der Waals surface area contributed by atoms with E-state index in [1.807, 2.05) is 33.7 Å². The highest BCUT2D eigenvalue weighted by atomic mass is 32.1. The molecule has 4 aromatic heterocycles. The van der Waals surface area contributed by atoms with Crippen molar-refractivity contribution in [3.63, 3.8) is 0 Å². The molecule has 2 aliphatic rings. The number of fused-ring (bicyclic) bond motifs is 6. The van der Waals surface area contributed by atoms with E-state index in [0.29, 0.717) is 11.1 Å². The van der Waals surface area contributed by atoms with Crippen LogP contribution in [-0.2, 0) is 11.2 Å². The summed E-state index contributed by atoms with van der Waals surface area (Å²) in [5.74, 6) is -0.737. The number of thiophene rings is 4. The molecule has 2 N–H and O–H groups in total. The predicted octanol–water partition coefficient (Wildman–Crippen LogP) is 5.76. The summed E-state index contributed by atoms with van der Waals surface area (Å²) in [5, 5.41) is 28.8. The standard InChI is InChI=1S/C12H12O2S2.C10H4O2S2/c1-11(13)7-3-5-15-9(7)10-8(4-6-16-10)12(11,2)14;11-7-5-1-3-13-9(5)10-6(8(7)12)2-4-14-10/h3-6,13-14H,1-2H3;1-4H. The third-order valence-electron chi connectivity index (χ3n) is 5.77. The molecule has 0 radical (unpaired) electrons. The first-order valence-electron chi connectivity index (χ1n) is 9.10. The van der Waals surface area contributed by atoms with Gasteiger partial charge >= 0.3 is 0 Å². The van der Waals surface area contributed by atoms with Gasteiger partial charge in [0.25, 0.3) is 0 Å². The first kappa shape index (κ1) is 20.0. The largest absolute Gasteiger partial charge is 0.382 e. The summed E-state index contributed by atoms with van der Waals surface area (Å²) in [4.78, 5) is 27.3. The van der Waals surface area contributed by atoms with E-state index in [2.05, 4.69) is 0 Å². The molecule has 2 unspecified atom stereocenters. The van der Waals surface area contributed by atoms with Crippen molar-refractivity contribution in [2.75, 3.05) is 0 Å². The minimum Gasteiger partial charge on any atom is -0.382 e. The van der Waals surface area contributed by atoms with Crippen LogP contribution in [0.5, 0.6) is 0 Å². The number of hydrogen-bond acceptors (Lipinski definition) is 8. The van der Waals surface area contributed by atoms with E-state index in [4.69, 9.17) is 0 Å². The lowest BCUT2D eigenvalue weighted by Gasteiger charge is -2.42. The number of Topliss-reactive ketones (excluding diaryl/α,β-unsaturated/α-hetero) is 2. The molecular weight excluding hydrogens is 457 g/mol. The van der Waals surface area contributed by atoms with Gasteiger partial charge in [0.1, 0.15) is 11.2 Å². The third kappa shape index (κ3) is 2.62. The average molecular weight is 473 g/mol. The Kier molecular flexibility index (Phi) is 4.52. The molecule has 0 spiro atoms. The van der Waals surface area contributed by atoms with Gasteiger partial charge in [-0.2, -0.15) is 0 Å². The normalized spacial score (nSPS) is 23.7. The Morgan fingerprint density at radius 1 is 0.600 bits per heavy atom. The highest BCUT2D eigenvalue weighted by molar-refractivity contribution is 7.21. The summed E-state index contributed by atoms with van der Waals surface area (Å²) in [6.07, 6.45) is 0. The molecule has 0 aromatic carbocycles. The van der Waals surface area contributed by atoms with Gasteiger partial charge in [-0.25, -0.2) is 0 Å². The molecule has 0 saturated carbocycles. The van der Waals surface area contributed by atoms with Gasteiger partial charge in [-0.05, 0) is 59.6 Å². The fraction of sp³-hybridized carbons (Fsp3) is 0.182. The molecule has 4 heterocycles. The number of ketones is 2. The van der Waals surface area contributed by atoms with E-state index in [1.54, 1.807) is 48.7 Å². The molecule has 152 valence electrons. The lowest BCUT2D eigenvalue weighted by atomic mass is 9.72. The molecule has 2 atom stereocenters. The molecule has 0 bridgehead atoms. The second-order valence-electron chi connectivity index (χ2n) is 7.46. The smallest absolute Gasteiger partial charge is 0.235 e. The Balaban J connectivity index is 0.000000130. The number of hydrogen-bond donors (Lipinski definition) is 2. The molecule has 2 aliphatic carbocycles. The van der Waals surface area contributed by atoms with Gasteiger partial charge in [0, 0.05) is 22.3 Å². The zero-order chi connectivity index (χ0) is 21.3. The van der Waals surface area contributed by atoms with E-state index in [9.17, 15) is 19.8 Å². The van der Waals surface area contributed by atoms with Crippen molar-refractivity contribution >= 4 is 56.9 Å². The first-order chi connectivity index (χ1) is 14.2. The molecule has 6 rings (SSSR count). The molecule has 4 nitrogen and oxygen atoms in total. The summed E-state index contributed by atoms with van der Waals surface area (Å²) >= 11 is 6.26. The van der Waals surface area contributed by atoms with Crippen LogP contribution < -0.4 is 0 Å². The van der Waals surface area contributed by atoms with Gasteiger partial charge in [-0.15, -0.1) is 45.3 Å². The van der Waals surface area contributed by atoms with E-state index < -0.39 is 11.2 Å². The Bertz CT molecular complexity index is 1200. The van der Waals surface area contributed by atoms with Crippen LogP contribution in [0.3, 0.4) is 0 Å². The van der Waals surface area contributed by atoms with Gasteiger partial charge in [-0.3, -0.25) is 9.59 Å². The highest BCUT2D eigenvalue weighted by Gasteiger charge is 2.51. The number of carbonyl (C=O) groups is 2. The summed E-state index contributed by atoms with van der Waals surface area (Å²) in [6.45, 7) is 3.36. The van der Waals surface area contributed by atoms with Crippen molar-refractivity contribution in [2.45, 2.75) is 25.0 Å². The maximum atomic E-state index is 11.6. The van der Waals surface area contributed by atoms with Gasteiger partial charge in [-0.1, -0.05) is 0 Å². The highest BCUT2D eigenvalue weighted by Crippen LogP contribution is 2.54. The maximum absolute atomic E-state index is 11.6. The zero-order valence-corrected chi connectivity index (χ0v) is 19.2. The summed E-state index contributed by atoms with van der Waals surface area (Å²) in [7, 11) is 0. The van der Waals surface area contributed by atoms with E-state index >= 15 is 0 Å². The maximum Gasteiger partial charge on any atom is 0.235 e. The van der Waals surface area contributed by atoms with Crippen molar-refractivity contribution in [2.24, 2.45) is 0 Å². The minimum atomic E-state index is -1.23. The van der Waals surface area contributed by atoms with Crippen molar-refractivity contribution in [1.82, 2.24) is 0 Å². The summed E-state index contributed by atoms with van der Waals surface area (Å²) in [5.41, 5.74) is 0.340. The molecule has 0 fully saturated rings. The molecule has 0 saturated heterocycles. The van der Waals surface area contributed by atoms with Crippen molar-refractivity contribution < 1.29 is 19.8 Å². The Morgan fingerprint density at radius 2 is 0.933 bits per heavy atom. The predicted molar refractivity (Wildman–Crippen MR) is 123 cm³/mol. The van der Waals surface area contributed by atoms with Crippen LogP contribution in [0.25, 0.3) is 19.5 Å². The number of carbonyl (C=O) groups excluding carboxylic acids is 2. The van der Waals surface area contributed by atoms with Gasteiger partial charge in [0.2, 0.25) is 11.6 Å². The Morgan fingerprint density at radius 3 is 1.33 bits per heavy atom. The van der Waals surface area contributed by atoms with Crippen molar-refractivity contribution in [1.29, 1.82) is 0 Å². The first-order valence-corrected chi connectivity index (χ1v) is 12.6. The zero-order valence-electron chi connectivity index (χ0n) is 16.0. The van der Waals surface area contributed by atoms with Crippen LogP contribution in [0, 0.1) is 0 Å². The molecular formula is C22H16O4S4. The summed E-state index contributed by atoms with van der Waals surface area (Å²) in [6, 6.07) is 7.25. The van der Waals surface area contributed by atoms with Gasteiger partial charge < -0.3 is 10.2 Å². The average Bonchev–Trinajstić information content (AvgIpc) is 3.49. The number of aliphatic hydroxyl groups is 2. The van der Waals surface area contributed by atoms with E-state index in [0.717, 1.165) is 30.6 Å². The quantitative estimate of drug-likeness (QED) is 0.319. The van der Waals surface area contributed by atoms with Crippen molar-refractivity contribution in [3.05, 3.63) is 68.0 Å². The third-order valence-corrected chi connectivity index (χ3v) is 9.75. The monoisotopic (exact) mass is 472 g/mol. The van der Waals surface area contributed by atoms with Crippen molar-refractivity contribution in [3.8, 4) is 19.5 Å². The van der Waals surface area contributed by atoms with Crippen LogP contribution in [0.1, 0.15) is 45.7 Å². The van der Waals surface area contributed by atoms with Gasteiger partial charge in [0.15, 0.2) is 0 Å². The second kappa shape index (κ2) is 6.78. The van der Waals surface area contributed by atoms with Crippen LogP contribution in [-0.4, -0.2) is 21.8 Å². The molecule has 0 aliphatic heterocycles. The van der Waals surface area contributed by atoms with E-state index in [1.165, 1.54) is 22.7 Å². The molecule has 0 amide bonds. The van der Waals surface area contributed by atoms with Gasteiger partial charge in [0.05, 0.1) is 19.5 Å². The Labute approximate surface area is 188 Å². The molecule has 4 aromatic rings. The summed E-state index contributed by atoms with van der Waals surface area (Å²) < 4.78 is 0. The SMILES string of the molecule is CC1(O)c2ccsc2-c2sccc2C1(C)O.O=C1C(=O)c2ccsc2-c2sccc21. The lowest BCUT2D eigenvalue weighted by Crippen LogP contribution is -2.46. The molecule has 30 heavy (non-hydrogen) atoms. The minimum absolute atomic E-state index is 0.368. The second-order valence-corrected chi connectivity index (χ2v) is 11.1. The topological polar surface area (TPSA) is 74.6 Å². The Hall–Kier alpha value is -1.94. The van der Waals surface area contributed by atoms with E-state index in [-0.39, 0.29) is 11.6 Å². The van der Waals surface area contributed by atoms with Crippen LogP contribution in [0.2, 0.25) is 0 Å². The fourth-order valence-electron chi connectivity index (χ4n) is 3.83. The lowest BCUT2D eigenvalue weighted by molar-refractivity contribution is -0.143.